The molecule has 13 atom stereocenters. The van der Waals surface area contributed by atoms with Gasteiger partial charge < -0.3 is 65.8 Å². The smallest absolute Gasteiger partial charge is 0.248 e. The Hall–Kier alpha value is -6.17. The van der Waals surface area contributed by atoms with Crippen LogP contribution in [0.4, 0.5) is 0 Å². The first-order valence-corrected chi connectivity index (χ1v) is 31.7. The second-order valence-electron chi connectivity index (χ2n) is 26.8. The minimum absolute atomic E-state index is 0.0620. The zero-order valence-corrected chi connectivity index (χ0v) is 57.8. The predicted octanol–water partition coefficient (Wildman–Crippen LogP) is 3.02. The summed E-state index contributed by atoms with van der Waals surface area (Å²) in [6.07, 6.45) is 3.22. The van der Waals surface area contributed by atoms with Gasteiger partial charge in [0.2, 0.25) is 65.0 Å². The van der Waals surface area contributed by atoms with Gasteiger partial charge in [-0.1, -0.05) is 109 Å². The minimum Gasteiger partial charge on any atom is -0.394 e. The van der Waals surface area contributed by atoms with Crippen LogP contribution in [0.2, 0.25) is 0 Å². The van der Waals surface area contributed by atoms with Crippen molar-refractivity contribution in [1.82, 2.24) is 55.6 Å². The lowest BCUT2D eigenvalue weighted by Gasteiger charge is -2.41. The third-order valence-electron chi connectivity index (χ3n) is 16.9. The highest BCUT2D eigenvalue weighted by molar-refractivity contribution is 6.00. The number of carbonyl (C=O) groups is 11. The molecule has 0 bridgehead atoms. The fraction of sp³-hybridized carbons (Fsp3) is 0.797. The van der Waals surface area contributed by atoms with Gasteiger partial charge >= 0.3 is 0 Å². The SMILES string of the molecule is C/C=C/C[C@@H](C)[C@@H](O)[C@H]1C(=O)N[C@@H](CC)C(=O)N(C)[C@H](CO)C(=O)N(C)[C@@H](CC(C)C)C(=O)N[C@H](C(C)C)C(=O)N(C)[C@H](CCC(C)C)C(=O)N[C@H](C)C(=O)N[C@@H](C)C(=O)N(C)[C@@H](CC(C)C)C(=O)N(C)[C@@H](CC(C)C)C(=O)N(C)[C@@H](C(C)C)C(=O)N1C. The second-order valence-corrected chi connectivity index (χ2v) is 26.8. The van der Waals surface area contributed by atoms with Gasteiger partial charge in [0.25, 0.3) is 0 Å². The van der Waals surface area contributed by atoms with Crippen molar-refractivity contribution in [3.63, 3.8) is 0 Å². The molecule has 1 aliphatic heterocycles. The molecular formula is C64H115N11O13. The Kier molecular flexibility index (Phi) is 33.1. The summed E-state index contributed by atoms with van der Waals surface area (Å²) in [5.41, 5.74) is 0. The summed E-state index contributed by atoms with van der Waals surface area (Å²) in [4.78, 5) is 170. The molecule has 0 aromatic carbocycles. The summed E-state index contributed by atoms with van der Waals surface area (Å²) in [6.45, 7) is 28.9. The van der Waals surface area contributed by atoms with E-state index in [1.165, 1.54) is 82.8 Å². The lowest BCUT2D eigenvalue weighted by atomic mass is 9.91. The van der Waals surface area contributed by atoms with E-state index in [1.807, 2.05) is 55.4 Å². The van der Waals surface area contributed by atoms with Gasteiger partial charge in [-0.15, -0.1) is 0 Å². The number of carbonyl (C=O) groups excluding carboxylic acids is 11. The van der Waals surface area contributed by atoms with Gasteiger partial charge in [0.05, 0.1) is 12.7 Å². The van der Waals surface area contributed by atoms with Gasteiger partial charge in [-0.2, -0.15) is 0 Å². The molecule has 88 heavy (non-hydrogen) atoms. The van der Waals surface area contributed by atoms with E-state index in [4.69, 9.17) is 0 Å². The van der Waals surface area contributed by atoms with E-state index in [1.54, 1.807) is 60.6 Å². The largest absolute Gasteiger partial charge is 0.394 e. The van der Waals surface area contributed by atoms with Crippen molar-refractivity contribution >= 4 is 65.0 Å². The molecule has 24 heteroatoms. The number of nitrogens with one attached hydrogen (secondary N) is 4. The molecule has 1 aliphatic rings. The topological polar surface area (TPSA) is 299 Å². The van der Waals surface area contributed by atoms with E-state index < -0.39 is 162 Å². The van der Waals surface area contributed by atoms with Crippen molar-refractivity contribution in [2.24, 2.45) is 41.4 Å². The first-order valence-electron chi connectivity index (χ1n) is 31.7. The maximum Gasteiger partial charge on any atom is 0.248 e. The van der Waals surface area contributed by atoms with Crippen molar-refractivity contribution < 1.29 is 63.0 Å². The highest BCUT2D eigenvalue weighted by Crippen LogP contribution is 2.26. The van der Waals surface area contributed by atoms with E-state index in [0.717, 1.165) is 14.7 Å². The summed E-state index contributed by atoms with van der Waals surface area (Å²) in [5.74, 6) is -10.3. The summed E-state index contributed by atoms with van der Waals surface area (Å²) >= 11 is 0. The van der Waals surface area contributed by atoms with Gasteiger partial charge in [-0.25, -0.2) is 0 Å². The molecule has 1 saturated heterocycles. The highest BCUT2D eigenvalue weighted by atomic mass is 16.3. The average Bonchev–Trinajstić information content (AvgIpc) is 2.54. The van der Waals surface area contributed by atoms with Crippen LogP contribution in [0, 0.1) is 41.4 Å². The zero-order chi connectivity index (χ0) is 68.3. The molecule has 0 radical (unpaired) electrons. The first-order chi connectivity index (χ1) is 40.7. The molecular weight excluding hydrogens is 1130 g/mol. The quantitative estimate of drug-likeness (QED) is 0.114. The molecule has 0 spiro atoms. The van der Waals surface area contributed by atoms with Crippen molar-refractivity contribution in [2.45, 2.75) is 235 Å². The number of allylic oxidation sites excluding steroid dienone is 2. The third-order valence-corrected chi connectivity index (χ3v) is 16.9. The third kappa shape index (κ3) is 21.8. The van der Waals surface area contributed by atoms with Gasteiger partial charge in [0.15, 0.2) is 0 Å². The van der Waals surface area contributed by atoms with Crippen molar-refractivity contribution in [3.05, 3.63) is 12.2 Å². The van der Waals surface area contributed by atoms with Crippen LogP contribution in [0.15, 0.2) is 12.2 Å². The van der Waals surface area contributed by atoms with Gasteiger partial charge in [-0.05, 0) is 107 Å². The molecule has 24 nitrogen and oxygen atoms in total. The molecule has 504 valence electrons. The monoisotopic (exact) mass is 1250 g/mol. The van der Waals surface area contributed by atoms with E-state index >= 15 is 9.59 Å². The van der Waals surface area contributed by atoms with Crippen LogP contribution >= 0.6 is 0 Å². The molecule has 1 rings (SSSR count). The molecule has 1 fully saturated rings. The van der Waals surface area contributed by atoms with E-state index in [0.29, 0.717) is 6.42 Å². The number of aliphatic hydroxyl groups is 2. The number of aliphatic hydroxyl groups excluding tert-OH is 2. The standard InChI is InChI=1S/C64H115N11O13/c1-25-27-28-41(15)53(77)52-57(81)67-44(26-2)59(83)73(22)49(34-76)62(86)70(19)46(31-36(5)6)56(80)68-50(39(11)12)63(87)69(18)45(30-29-35(3)4)55(79)65-42(16)54(78)66-43(17)58(82)71(20)47(32-37(7)8)60(84)72(21)48(33-38(9)10)61(85)74(23)51(40(13)14)64(88)75(52)24/h25,27,35-53,76-77H,26,28-34H2,1-24H3,(H,65,79)(H,66,78)(H,67,81)(H,68,80)/b27-25+/t41-,42-,43+,44+,45-,46+,47+,48+,49-,50-,51+,52+,53-/m1/s1. The molecule has 0 saturated carbocycles. The van der Waals surface area contributed by atoms with E-state index in [2.05, 4.69) is 21.3 Å². The number of hydrogen-bond acceptors (Lipinski definition) is 13. The molecule has 11 amide bonds. The fourth-order valence-electron chi connectivity index (χ4n) is 11.1. The summed E-state index contributed by atoms with van der Waals surface area (Å²) in [5, 5.41) is 34.0. The van der Waals surface area contributed by atoms with Gasteiger partial charge in [-0.3, -0.25) is 52.7 Å². The van der Waals surface area contributed by atoms with Gasteiger partial charge in [0.1, 0.15) is 66.5 Å². The molecule has 1 heterocycles. The Bertz CT molecular complexity index is 2400. The molecule has 0 unspecified atom stereocenters. The number of hydrogen-bond donors (Lipinski definition) is 6. The average molecular weight is 1250 g/mol. The lowest BCUT2D eigenvalue weighted by Crippen LogP contribution is -2.64. The number of likely N-dealkylation sites (N-methyl/N-ethyl adjacent to an activating group) is 7. The zero-order valence-electron chi connectivity index (χ0n) is 57.8. The van der Waals surface area contributed by atoms with Crippen molar-refractivity contribution in [1.29, 1.82) is 0 Å². The summed E-state index contributed by atoms with van der Waals surface area (Å²) < 4.78 is 0. The maximum atomic E-state index is 15.2. The number of rotatable bonds is 17. The normalized spacial score (nSPS) is 27.2. The lowest BCUT2D eigenvalue weighted by molar-refractivity contribution is -0.157. The number of amides is 11. The van der Waals surface area contributed by atoms with Crippen LogP contribution in [0.25, 0.3) is 0 Å². The second kappa shape index (κ2) is 36.5. The van der Waals surface area contributed by atoms with Gasteiger partial charge in [0, 0.05) is 49.3 Å². The Morgan fingerprint density at radius 3 is 1.32 bits per heavy atom. The molecule has 6 N–H and O–H groups in total. The Morgan fingerprint density at radius 1 is 0.443 bits per heavy atom. The van der Waals surface area contributed by atoms with Crippen LogP contribution in [0.5, 0.6) is 0 Å². The van der Waals surface area contributed by atoms with Crippen LogP contribution < -0.4 is 21.3 Å². The molecule has 0 aliphatic carbocycles. The van der Waals surface area contributed by atoms with Crippen LogP contribution in [0.3, 0.4) is 0 Å². The van der Waals surface area contributed by atoms with Crippen molar-refractivity contribution in [3.8, 4) is 0 Å². The maximum absolute atomic E-state index is 15.2. The predicted molar refractivity (Wildman–Crippen MR) is 339 cm³/mol. The van der Waals surface area contributed by atoms with Crippen LogP contribution in [-0.2, 0) is 52.7 Å². The molecule has 0 aromatic heterocycles. The summed E-state index contributed by atoms with van der Waals surface area (Å²) in [7, 11) is 9.67. The first kappa shape index (κ1) is 79.8. The number of nitrogens with zero attached hydrogens (tertiary/aromatic N) is 7. The van der Waals surface area contributed by atoms with E-state index in [9.17, 15) is 53.4 Å². The summed E-state index contributed by atoms with van der Waals surface area (Å²) in [6, 6.07) is -14.4. The van der Waals surface area contributed by atoms with E-state index in [-0.39, 0.29) is 62.2 Å². The van der Waals surface area contributed by atoms with Crippen LogP contribution in [-0.4, -0.2) is 238 Å². The molecule has 0 aromatic rings. The van der Waals surface area contributed by atoms with Crippen molar-refractivity contribution in [2.75, 3.05) is 55.9 Å². The fourth-order valence-corrected chi connectivity index (χ4v) is 11.1. The minimum atomic E-state index is -1.67. The highest BCUT2D eigenvalue weighted by Gasteiger charge is 2.46. The van der Waals surface area contributed by atoms with Crippen LogP contribution in [0.1, 0.15) is 163 Å². The Balaban J connectivity index is 4.43. The Labute approximate surface area is 526 Å². The Morgan fingerprint density at radius 2 is 0.864 bits per heavy atom.